The van der Waals surface area contributed by atoms with Crippen LogP contribution in [0.3, 0.4) is 0 Å². The fourth-order valence-corrected chi connectivity index (χ4v) is 7.77. The lowest BCUT2D eigenvalue weighted by Crippen LogP contribution is -2.64. The number of hydrogen-bond donors (Lipinski definition) is 2. The molecule has 4 aliphatic rings. The van der Waals surface area contributed by atoms with Gasteiger partial charge in [0.05, 0.1) is 27.4 Å². The summed E-state index contributed by atoms with van der Waals surface area (Å²) in [6, 6.07) is 10.0. The Morgan fingerprint density at radius 2 is 1.95 bits per heavy atom. The molecule has 0 radical (unpaired) electrons. The van der Waals surface area contributed by atoms with Crippen molar-refractivity contribution in [2.75, 3.05) is 12.0 Å². The first-order valence-electron chi connectivity index (χ1n) is 13.1. The number of nitrogens with zero attached hydrogens (tertiary/aromatic N) is 3. The molecule has 0 spiro atoms. The molecule has 0 amide bonds. The van der Waals surface area contributed by atoms with Crippen molar-refractivity contribution in [3.05, 3.63) is 57.3 Å². The fourth-order valence-electron chi connectivity index (χ4n) is 6.07. The van der Waals surface area contributed by atoms with E-state index in [1.165, 1.54) is 7.11 Å². The number of carboxylic acid groups (broad SMARTS) is 1. The predicted molar refractivity (Wildman–Crippen MR) is 152 cm³/mol. The van der Waals surface area contributed by atoms with Crippen LogP contribution in [0.5, 0.6) is 5.75 Å². The van der Waals surface area contributed by atoms with Crippen molar-refractivity contribution in [2.45, 2.75) is 62.7 Å². The van der Waals surface area contributed by atoms with E-state index in [2.05, 4.69) is 15.4 Å². The summed E-state index contributed by atoms with van der Waals surface area (Å²) in [7, 11) is 1.48. The normalized spacial score (nSPS) is 22.2. The minimum absolute atomic E-state index is 0.157. The number of rotatable bonds is 8. The van der Waals surface area contributed by atoms with E-state index >= 15 is 0 Å². The number of ether oxygens (including phenoxy) is 1. The van der Waals surface area contributed by atoms with Crippen LogP contribution < -0.4 is 15.0 Å². The lowest BCUT2D eigenvalue weighted by molar-refractivity contribution is 0.0693. The largest absolute Gasteiger partial charge is 0.496 e. The summed E-state index contributed by atoms with van der Waals surface area (Å²) in [6.45, 7) is 0.648. The first kappa shape index (κ1) is 25.1. The van der Waals surface area contributed by atoms with Crippen LogP contribution >= 0.6 is 34.5 Å². The van der Waals surface area contributed by atoms with Gasteiger partial charge >= 0.3 is 5.97 Å². The molecule has 2 aliphatic carbocycles. The highest BCUT2D eigenvalue weighted by atomic mass is 35.5. The van der Waals surface area contributed by atoms with E-state index in [-0.39, 0.29) is 5.56 Å². The number of piperidine rings is 1. The first-order valence-corrected chi connectivity index (χ1v) is 14.6. The van der Waals surface area contributed by atoms with Gasteiger partial charge in [0.1, 0.15) is 22.8 Å². The van der Waals surface area contributed by atoms with Crippen LogP contribution in [0.1, 0.15) is 59.7 Å². The third-order valence-electron chi connectivity index (χ3n) is 8.13. The molecule has 2 bridgehead atoms. The van der Waals surface area contributed by atoms with Gasteiger partial charge in [-0.05, 0) is 50.3 Å². The quantitative estimate of drug-likeness (QED) is 0.235. The Kier molecular flexibility index (Phi) is 6.23. The topological polar surface area (TPSA) is 101 Å². The van der Waals surface area contributed by atoms with Gasteiger partial charge in [-0.2, -0.15) is 0 Å². The molecule has 39 heavy (non-hydrogen) atoms. The fraction of sp³-hybridized carbons (Fsp3) is 0.393. The summed E-state index contributed by atoms with van der Waals surface area (Å²) in [5.41, 5.74) is 3.43. The van der Waals surface area contributed by atoms with Crippen LogP contribution in [-0.2, 0) is 6.54 Å². The average Bonchev–Trinajstić information content (AvgIpc) is 3.55. The maximum absolute atomic E-state index is 11.6. The summed E-state index contributed by atoms with van der Waals surface area (Å²) in [4.78, 5) is 18.9. The van der Waals surface area contributed by atoms with Crippen molar-refractivity contribution in [3.8, 4) is 17.0 Å². The molecule has 4 aromatic rings. The minimum Gasteiger partial charge on any atom is -0.496 e. The van der Waals surface area contributed by atoms with E-state index in [4.69, 9.17) is 37.4 Å². The molecule has 2 unspecified atom stereocenters. The Morgan fingerprint density at radius 3 is 2.62 bits per heavy atom. The van der Waals surface area contributed by atoms with Gasteiger partial charge in [-0.25, -0.2) is 9.78 Å². The van der Waals surface area contributed by atoms with E-state index in [9.17, 15) is 9.90 Å². The third-order valence-corrected chi connectivity index (χ3v) is 9.79. The second kappa shape index (κ2) is 9.66. The number of fused-ring (bicyclic) bond motifs is 3. The molecule has 2 aromatic heterocycles. The van der Waals surface area contributed by atoms with Crippen molar-refractivity contribution in [2.24, 2.45) is 0 Å². The van der Waals surface area contributed by atoms with Gasteiger partial charge < -0.3 is 24.6 Å². The molecular weight excluding hydrogens is 559 g/mol. The first-order chi connectivity index (χ1) is 18.9. The van der Waals surface area contributed by atoms with E-state index < -0.39 is 5.97 Å². The zero-order chi connectivity index (χ0) is 26.8. The molecule has 8 rings (SSSR count). The SMILES string of the molecule is COc1cc2nc(N3C4CC(NCc5c(-c6c(Cl)cccc6Cl)noc5C5CC5)CC3C4)sc2cc1C(=O)O. The van der Waals surface area contributed by atoms with Crippen molar-refractivity contribution >= 4 is 55.9 Å². The van der Waals surface area contributed by atoms with Gasteiger partial charge in [-0.15, -0.1) is 0 Å². The number of benzene rings is 2. The highest BCUT2D eigenvalue weighted by molar-refractivity contribution is 7.22. The number of methoxy groups -OCH3 is 1. The summed E-state index contributed by atoms with van der Waals surface area (Å²) < 4.78 is 12.0. The number of carboxylic acids is 1. The van der Waals surface area contributed by atoms with Crippen molar-refractivity contribution in [1.82, 2.24) is 15.5 Å². The van der Waals surface area contributed by atoms with Gasteiger partial charge in [0, 0.05) is 47.8 Å². The Hall–Kier alpha value is -2.85. The number of halogens is 2. The minimum atomic E-state index is -1.00. The lowest BCUT2D eigenvalue weighted by Gasteiger charge is -2.55. The zero-order valence-electron chi connectivity index (χ0n) is 21.1. The van der Waals surface area contributed by atoms with E-state index in [0.29, 0.717) is 46.4 Å². The summed E-state index contributed by atoms with van der Waals surface area (Å²) in [6.07, 6.45) is 5.37. The summed E-state index contributed by atoms with van der Waals surface area (Å²) >= 11 is 14.6. The number of thiazole rings is 1. The van der Waals surface area contributed by atoms with Crippen molar-refractivity contribution in [1.29, 1.82) is 0 Å². The maximum Gasteiger partial charge on any atom is 0.339 e. The van der Waals surface area contributed by atoms with Gasteiger partial charge in [-0.3, -0.25) is 0 Å². The molecule has 4 heterocycles. The van der Waals surface area contributed by atoms with E-state index in [0.717, 1.165) is 70.0 Å². The third kappa shape index (κ3) is 4.36. The highest BCUT2D eigenvalue weighted by Gasteiger charge is 2.46. The van der Waals surface area contributed by atoms with Crippen molar-refractivity contribution in [3.63, 3.8) is 0 Å². The molecule has 8 nitrogen and oxygen atoms in total. The maximum atomic E-state index is 11.6. The molecule has 4 fully saturated rings. The Bertz CT molecular complexity index is 1570. The molecule has 2 saturated heterocycles. The van der Waals surface area contributed by atoms with Crippen LogP contribution in [-0.4, -0.2) is 46.5 Å². The Labute approximate surface area is 238 Å². The molecule has 2 saturated carbocycles. The van der Waals surface area contributed by atoms with Crippen molar-refractivity contribution < 1.29 is 19.2 Å². The predicted octanol–water partition coefficient (Wildman–Crippen LogP) is 6.74. The molecule has 2 atom stereocenters. The molecule has 2 aliphatic heterocycles. The molecule has 202 valence electrons. The molecular formula is C28H26Cl2N4O4S. The monoisotopic (exact) mass is 584 g/mol. The van der Waals surface area contributed by atoms with Crippen LogP contribution in [0.4, 0.5) is 5.13 Å². The van der Waals surface area contributed by atoms with E-state index in [1.54, 1.807) is 23.5 Å². The van der Waals surface area contributed by atoms with Gasteiger partial charge in [0.25, 0.3) is 0 Å². The van der Waals surface area contributed by atoms with Gasteiger partial charge in [0.15, 0.2) is 5.13 Å². The number of aromatic carboxylic acids is 1. The number of hydrogen-bond acceptors (Lipinski definition) is 8. The van der Waals surface area contributed by atoms with Crippen LogP contribution in [0, 0.1) is 0 Å². The second-order valence-corrected chi connectivity index (χ2v) is 12.4. The summed E-state index contributed by atoms with van der Waals surface area (Å²) in [5.74, 6) is 0.688. The zero-order valence-corrected chi connectivity index (χ0v) is 23.4. The smallest absolute Gasteiger partial charge is 0.339 e. The average molecular weight is 586 g/mol. The van der Waals surface area contributed by atoms with Crippen LogP contribution in [0.25, 0.3) is 21.5 Å². The molecule has 2 N–H and O–H groups in total. The Balaban J connectivity index is 1.08. The number of aromatic nitrogens is 2. The number of carbonyl (C=O) groups is 1. The lowest BCUT2D eigenvalue weighted by atomic mass is 9.77. The number of nitrogens with one attached hydrogen (secondary N) is 1. The Morgan fingerprint density at radius 1 is 1.21 bits per heavy atom. The van der Waals surface area contributed by atoms with Crippen LogP contribution in [0.2, 0.25) is 10.0 Å². The highest BCUT2D eigenvalue weighted by Crippen LogP contribution is 2.47. The van der Waals surface area contributed by atoms with Gasteiger partial charge in [-0.1, -0.05) is 45.8 Å². The van der Waals surface area contributed by atoms with Gasteiger partial charge in [0.2, 0.25) is 0 Å². The standard InChI is InChI=1S/C28H26Cl2N4O4S/c1-37-22-11-21-23(10-17(22)27(35)36)39-28(32-21)34-15-7-14(8-16(34)9-15)31-12-18-25(33-38-26(18)13-5-6-13)24-19(29)3-2-4-20(24)30/h2-4,10-11,13-16,31H,5-9,12H2,1H3,(H,35,36). The molecule has 2 aromatic carbocycles. The molecule has 11 heteroatoms. The van der Waals surface area contributed by atoms with Crippen LogP contribution in [0.15, 0.2) is 34.9 Å². The summed E-state index contributed by atoms with van der Waals surface area (Å²) in [5, 5.41) is 19.8. The number of anilines is 1. The second-order valence-electron chi connectivity index (χ2n) is 10.6. The van der Waals surface area contributed by atoms with E-state index in [1.807, 2.05) is 18.2 Å².